The summed E-state index contributed by atoms with van der Waals surface area (Å²) in [6, 6.07) is 1.81. The molecule has 1 fully saturated rings. The Morgan fingerprint density at radius 2 is 2.26 bits per heavy atom. The Labute approximate surface area is 117 Å². The van der Waals surface area contributed by atoms with Crippen LogP contribution in [0.5, 0.6) is 0 Å². The second-order valence-electron chi connectivity index (χ2n) is 4.84. The zero-order valence-electron chi connectivity index (χ0n) is 10.9. The molecule has 0 bridgehead atoms. The first kappa shape index (κ1) is 14.2. The molecule has 0 atom stereocenters. The van der Waals surface area contributed by atoms with Gasteiger partial charge in [-0.15, -0.1) is 0 Å². The summed E-state index contributed by atoms with van der Waals surface area (Å²) in [5.41, 5.74) is 6.68. The molecule has 0 aliphatic carbocycles. The molecular weight excluding hydrogens is 266 g/mol. The van der Waals surface area contributed by atoms with Gasteiger partial charge in [-0.1, -0.05) is 11.6 Å². The zero-order chi connectivity index (χ0) is 13.9. The third-order valence-electron chi connectivity index (χ3n) is 3.67. The van der Waals surface area contributed by atoms with Crippen LogP contribution in [0.25, 0.3) is 0 Å². The number of carbonyl (C=O) groups excluding carboxylic acids is 1. The van der Waals surface area contributed by atoms with Gasteiger partial charge >= 0.3 is 0 Å². The first-order chi connectivity index (χ1) is 9.09. The zero-order valence-corrected chi connectivity index (χ0v) is 11.7. The largest absolute Gasteiger partial charge is 0.381 e. The number of aryl methyl sites for hydroxylation is 1. The van der Waals surface area contributed by atoms with E-state index in [0.717, 1.165) is 5.56 Å². The summed E-state index contributed by atoms with van der Waals surface area (Å²) >= 11 is 6.02. The molecule has 1 aliphatic rings. The number of anilines is 1. The Morgan fingerprint density at radius 3 is 2.84 bits per heavy atom. The van der Waals surface area contributed by atoms with E-state index in [1.54, 1.807) is 12.3 Å². The first-order valence-electron chi connectivity index (χ1n) is 6.29. The lowest BCUT2D eigenvalue weighted by molar-refractivity contribution is -0.130. The molecule has 1 aromatic heterocycles. The number of nitrogens with one attached hydrogen (secondary N) is 1. The van der Waals surface area contributed by atoms with Crippen LogP contribution in [0.2, 0.25) is 5.15 Å². The molecule has 0 radical (unpaired) electrons. The Morgan fingerprint density at radius 1 is 1.58 bits per heavy atom. The Hall–Kier alpha value is -1.17. The van der Waals surface area contributed by atoms with Crippen molar-refractivity contribution >= 4 is 23.2 Å². The van der Waals surface area contributed by atoms with Gasteiger partial charge in [0.15, 0.2) is 5.15 Å². The maximum Gasteiger partial charge on any atom is 0.232 e. The van der Waals surface area contributed by atoms with Crippen LogP contribution in [0.1, 0.15) is 18.4 Å². The molecule has 0 unspecified atom stereocenters. The average molecular weight is 284 g/mol. The van der Waals surface area contributed by atoms with Gasteiger partial charge in [0.25, 0.3) is 0 Å². The van der Waals surface area contributed by atoms with Gasteiger partial charge in [0, 0.05) is 26.0 Å². The molecule has 104 valence electrons. The van der Waals surface area contributed by atoms with E-state index in [0.29, 0.717) is 43.4 Å². The maximum atomic E-state index is 12.5. The van der Waals surface area contributed by atoms with E-state index in [9.17, 15) is 4.79 Å². The SMILES string of the molecule is Cc1ccnc(Cl)c1NC(=O)C1(CN)CCOCC1. The summed E-state index contributed by atoms with van der Waals surface area (Å²) in [6.45, 7) is 3.30. The standard InChI is InChI=1S/C13H18ClN3O2/c1-9-2-5-16-11(14)10(9)17-12(18)13(8-15)3-6-19-7-4-13/h2,5H,3-4,6-8,15H2,1H3,(H,17,18). The predicted molar refractivity (Wildman–Crippen MR) is 74.2 cm³/mol. The molecule has 3 N–H and O–H groups in total. The number of ether oxygens (including phenoxy) is 1. The molecule has 6 heteroatoms. The molecule has 19 heavy (non-hydrogen) atoms. The van der Waals surface area contributed by atoms with Crippen molar-refractivity contribution in [2.75, 3.05) is 25.1 Å². The fourth-order valence-corrected chi connectivity index (χ4v) is 2.46. The molecule has 0 spiro atoms. The third-order valence-corrected chi connectivity index (χ3v) is 3.96. The van der Waals surface area contributed by atoms with Crippen molar-refractivity contribution < 1.29 is 9.53 Å². The van der Waals surface area contributed by atoms with E-state index in [1.165, 1.54) is 0 Å². The predicted octanol–water partition coefficient (Wildman–Crippen LogP) is 1.74. The fourth-order valence-electron chi connectivity index (χ4n) is 2.21. The van der Waals surface area contributed by atoms with Gasteiger partial charge in [-0.05, 0) is 31.4 Å². The fraction of sp³-hybridized carbons (Fsp3) is 0.538. The summed E-state index contributed by atoms with van der Waals surface area (Å²) in [4.78, 5) is 16.5. The Bertz CT molecular complexity index is 453. The molecule has 1 saturated heterocycles. The lowest BCUT2D eigenvalue weighted by atomic mass is 9.79. The Balaban J connectivity index is 2.20. The van der Waals surface area contributed by atoms with Crippen LogP contribution in [0.15, 0.2) is 12.3 Å². The van der Waals surface area contributed by atoms with Crippen LogP contribution in [0.4, 0.5) is 5.69 Å². The minimum atomic E-state index is -0.566. The molecule has 1 aliphatic heterocycles. The molecule has 0 aromatic carbocycles. The normalized spacial score (nSPS) is 18.1. The van der Waals surface area contributed by atoms with Crippen LogP contribution >= 0.6 is 11.6 Å². The molecule has 1 amide bonds. The van der Waals surface area contributed by atoms with Crippen molar-refractivity contribution in [2.45, 2.75) is 19.8 Å². The molecule has 0 saturated carbocycles. The summed E-state index contributed by atoms with van der Waals surface area (Å²) < 4.78 is 5.30. The highest BCUT2D eigenvalue weighted by atomic mass is 35.5. The lowest BCUT2D eigenvalue weighted by Gasteiger charge is -2.34. The van der Waals surface area contributed by atoms with Gasteiger partial charge in [-0.25, -0.2) is 4.98 Å². The summed E-state index contributed by atoms with van der Waals surface area (Å²) in [5.74, 6) is -0.101. The van der Waals surface area contributed by atoms with E-state index in [4.69, 9.17) is 22.1 Å². The van der Waals surface area contributed by atoms with Crippen molar-refractivity contribution in [1.29, 1.82) is 0 Å². The highest BCUT2D eigenvalue weighted by Gasteiger charge is 2.39. The smallest absolute Gasteiger partial charge is 0.232 e. The topological polar surface area (TPSA) is 77.2 Å². The van der Waals surface area contributed by atoms with E-state index in [2.05, 4.69) is 10.3 Å². The van der Waals surface area contributed by atoms with Crippen LogP contribution in [0, 0.1) is 12.3 Å². The number of pyridine rings is 1. The van der Waals surface area contributed by atoms with Crippen molar-refractivity contribution in [3.05, 3.63) is 23.0 Å². The Kier molecular flexibility index (Phi) is 4.39. The second kappa shape index (κ2) is 5.86. The van der Waals surface area contributed by atoms with E-state index in [-0.39, 0.29) is 5.91 Å². The number of hydrogen-bond donors (Lipinski definition) is 2. The quantitative estimate of drug-likeness (QED) is 0.829. The van der Waals surface area contributed by atoms with Gasteiger partial charge in [-0.3, -0.25) is 4.79 Å². The number of aromatic nitrogens is 1. The monoisotopic (exact) mass is 283 g/mol. The van der Waals surface area contributed by atoms with Crippen LogP contribution < -0.4 is 11.1 Å². The summed E-state index contributed by atoms with van der Waals surface area (Å²) in [7, 11) is 0. The molecular formula is C13H18ClN3O2. The summed E-state index contributed by atoms with van der Waals surface area (Å²) in [6.07, 6.45) is 2.87. The minimum Gasteiger partial charge on any atom is -0.381 e. The third kappa shape index (κ3) is 2.88. The summed E-state index contributed by atoms with van der Waals surface area (Å²) in [5, 5.41) is 3.17. The molecule has 5 nitrogen and oxygen atoms in total. The number of hydrogen-bond acceptors (Lipinski definition) is 4. The highest BCUT2D eigenvalue weighted by Crippen LogP contribution is 2.32. The van der Waals surface area contributed by atoms with Crippen molar-refractivity contribution in [3.63, 3.8) is 0 Å². The number of rotatable bonds is 3. The number of nitrogens with zero attached hydrogens (tertiary/aromatic N) is 1. The van der Waals surface area contributed by atoms with E-state index >= 15 is 0 Å². The van der Waals surface area contributed by atoms with Gasteiger partial charge in [0.1, 0.15) is 0 Å². The van der Waals surface area contributed by atoms with Gasteiger partial charge in [0.2, 0.25) is 5.91 Å². The number of carbonyl (C=O) groups is 1. The van der Waals surface area contributed by atoms with Gasteiger partial charge < -0.3 is 15.8 Å². The van der Waals surface area contributed by atoms with Crippen molar-refractivity contribution in [1.82, 2.24) is 4.98 Å². The second-order valence-corrected chi connectivity index (χ2v) is 5.20. The van der Waals surface area contributed by atoms with Gasteiger partial charge in [-0.2, -0.15) is 0 Å². The van der Waals surface area contributed by atoms with E-state index < -0.39 is 5.41 Å². The lowest BCUT2D eigenvalue weighted by Crippen LogP contribution is -2.46. The minimum absolute atomic E-state index is 0.101. The molecule has 2 heterocycles. The highest BCUT2D eigenvalue weighted by molar-refractivity contribution is 6.32. The average Bonchev–Trinajstić information content (AvgIpc) is 2.43. The van der Waals surface area contributed by atoms with Gasteiger partial charge in [0.05, 0.1) is 11.1 Å². The number of nitrogens with two attached hydrogens (primary N) is 1. The van der Waals surface area contributed by atoms with E-state index in [1.807, 2.05) is 6.92 Å². The van der Waals surface area contributed by atoms with Crippen LogP contribution in [-0.2, 0) is 9.53 Å². The van der Waals surface area contributed by atoms with Crippen molar-refractivity contribution in [2.24, 2.45) is 11.1 Å². The maximum absolute atomic E-state index is 12.5. The van der Waals surface area contributed by atoms with Crippen LogP contribution in [-0.4, -0.2) is 30.6 Å². The first-order valence-corrected chi connectivity index (χ1v) is 6.67. The van der Waals surface area contributed by atoms with Crippen LogP contribution in [0.3, 0.4) is 0 Å². The number of halogens is 1. The van der Waals surface area contributed by atoms with Crippen molar-refractivity contribution in [3.8, 4) is 0 Å². The number of amides is 1. The molecule has 2 rings (SSSR count). The molecule has 1 aromatic rings.